The number of aliphatic hydroxyl groups is 1. The Hall–Kier alpha value is -1.02. The lowest BCUT2D eigenvalue weighted by Crippen LogP contribution is -2.44. The standard InChI is InChI=1S/C26H40O2/c1-7-15(2)23-18-9-8-17-16(12-13-26(6)20(17)10-11-22(26)27)19(18)14-21(24(23)28)25(3,4)5/h14-17,20,22,27-28H,7-13H2,1-6H3/t15?,16-,17+,20-,22-,26-/m0/s1. The first kappa shape index (κ1) is 20.3. The molecule has 1 aromatic carbocycles. The van der Waals surface area contributed by atoms with Crippen LogP contribution in [0.25, 0.3) is 0 Å². The number of phenols is 1. The Kier molecular flexibility index (Phi) is 4.89. The first-order chi connectivity index (χ1) is 13.1. The minimum atomic E-state index is -0.111. The first-order valence-corrected chi connectivity index (χ1v) is 11.7. The summed E-state index contributed by atoms with van der Waals surface area (Å²) < 4.78 is 0. The fourth-order valence-electron chi connectivity index (χ4n) is 7.03. The van der Waals surface area contributed by atoms with Gasteiger partial charge in [-0.05, 0) is 96.1 Å². The molecule has 2 fully saturated rings. The van der Waals surface area contributed by atoms with Crippen molar-refractivity contribution in [2.45, 2.75) is 110 Å². The van der Waals surface area contributed by atoms with E-state index in [-0.39, 0.29) is 16.9 Å². The molecule has 28 heavy (non-hydrogen) atoms. The van der Waals surface area contributed by atoms with Gasteiger partial charge in [-0.1, -0.05) is 47.6 Å². The predicted molar refractivity (Wildman–Crippen MR) is 116 cm³/mol. The molecule has 0 saturated heterocycles. The molecule has 0 amide bonds. The number of aromatic hydroxyl groups is 1. The van der Waals surface area contributed by atoms with E-state index in [4.69, 9.17) is 0 Å². The van der Waals surface area contributed by atoms with Gasteiger partial charge in [0.1, 0.15) is 5.75 Å². The van der Waals surface area contributed by atoms with Crippen LogP contribution in [0.5, 0.6) is 5.75 Å². The monoisotopic (exact) mass is 384 g/mol. The normalized spacial score (nSPS) is 35.8. The van der Waals surface area contributed by atoms with Crippen LogP contribution in [0.4, 0.5) is 0 Å². The highest BCUT2D eigenvalue weighted by atomic mass is 16.3. The maximum atomic E-state index is 11.3. The van der Waals surface area contributed by atoms with Crippen molar-refractivity contribution in [3.05, 3.63) is 28.3 Å². The Morgan fingerprint density at radius 1 is 1.18 bits per heavy atom. The predicted octanol–water partition coefficient (Wildman–Crippen LogP) is 6.42. The van der Waals surface area contributed by atoms with E-state index in [1.807, 2.05) is 0 Å². The molecule has 0 heterocycles. The van der Waals surface area contributed by atoms with Crippen LogP contribution in [0.1, 0.15) is 114 Å². The highest BCUT2D eigenvalue weighted by Crippen LogP contribution is 2.62. The minimum absolute atomic E-state index is 0.0546. The Morgan fingerprint density at radius 3 is 2.54 bits per heavy atom. The Labute approximate surface area is 171 Å². The van der Waals surface area contributed by atoms with Crippen LogP contribution in [0.3, 0.4) is 0 Å². The Balaban J connectivity index is 1.84. The average molecular weight is 385 g/mol. The number of benzene rings is 1. The fourth-order valence-corrected chi connectivity index (χ4v) is 7.03. The van der Waals surface area contributed by atoms with E-state index in [1.54, 1.807) is 0 Å². The Morgan fingerprint density at radius 2 is 1.89 bits per heavy atom. The summed E-state index contributed by atoms with van der Waals surface area (Å²) >= 11 is 0. The first-order valence-electron chi connectivity index (χ1n) is 11.7. The molecule has 0 radical (unpaired) electrons. The number of phenolic OH excluding ortho intramolecular Hbond substituents is 1. The molecule has 0 aromatic heterocycles. The molecule has 1 unspecified atom stereocenters. The van der Waals surface area contributed by atoms with Crippen molar-refractivity contribution in [2.24, 2.45) is 17.3 Å². The van der Waals surface area contributed by atoms with E-state index in [2.05, 4.69) is 47.6 Å². The number of fused-ring (bicyclic) bond motifs is 5. The van der Waals surface area contributed by atoms with Crippen LogP contribution in [-0.2, 0) is 11.8 Å². The summed E-state index contributed by atoms with van der Waals surface area (Å²) in [5.41, 5.74) is 5.44. The number of hydrogen-bond donors (Lipinski definition) is 2. The summed E-state index contributed by atoms with van der Waals surface area (Å²) in [6.45, 7) is 13.5. The molecule has 2 nitrogen and oxygen atoms in total. The van der Waals surface area contributed by atoms with E-state index < -0.39 is 0 Å². The second-order valence-corrected chi connectivity index (χ2v) is 11.4. The SMILES string of the molecule is CCC(C)c1c(O)c(C(C)(C)C)cc2c1CC[C@@H]1[C@@H]2CC[C@]2(C)[C@@H](O)CC[C@@H]12. The molecule has 156 valence electrons. The van der Waals surface area contributed by atoms with Crippen molar-refractivity contribution in [1.29, 1.82) is 0 Å². The second kappa shape index (κ2) is 6.76. The van der Waals surface area contributed by atoms with Gasteiger partial charge in [0.2, 0.25) is 0 Å². The molecular formula is C26H40O2. The molecule has 6 atom stereocenters. The lowest BCUT2D eigenvalue weighted by Gasteiger charge is -2.50. The summed E-state index contributed by atoms with van der Waals surface area (Å²) in [6, 6.07) is 2.38. The lowest BCUT2D eigenvalue weighted by atomic mass is 9.54. The third-order valence-electron chi connectivity index (χ3n) is 8.91. The molecular weight excluding hydrogens is 344 g/mol. The topological polar surface area (TPSA) is 40.5 Å². The lowest BCUT2D eigenvalue weighted by molar-refractivity contribution is -0.0227. The molecule has 3 aliphatic rings. The van der Waals surface area contributed by atoms with Crippen LogP contribution in [0, 0.1) is 17.3 Å². The van der Waals surface area contributed by atoms with Crippen LogP contribution in [0.15, 0.2) is 6.07 Å². The van der Waals surface area contributed by atoms with Crippen LogP contribution < -0.4 is 0 Å². The number of rotatable bonds is 2. The summed E-state index contributed by atoms with van der Waals surface area (Å²) in [4.78, 5) is 0. The molecule has 0 bridgehead atoms. The molecule has 4 rings (SSSR count). The third kappa shape index (κ3) is 2.85. The largest absolute Gasteiger partial charge is 0.507 e. The fraction of sp³-hybridized carbons (Fsp3) is 0.769. The molecule has 0 spiro atoms. The van der Waals surface area contributed by atoms with Crippen molar-refractivity contribution >= 4 is 0 Å². The smallest absolute Gasteiger partial charge is 0.123 e. The van der Waals surface area contributed by atoms with E-state index in [1.165, 1.54) is 36.0 Å². The molecule has 2 heteroatoms. The maximum Gasteiger partial charge on any atom is 0.123 e. The quantitative estimate of drug-likeness (QED) is 0.617. The van der Waals surface area contributed by atoms with Crippen molar-refractivity contribution in [1.82, 2.24) is 0 Å². The summed E-state index contributed by atoms with van der Waals surface area (Å²) in [7, 11) is 0. The molecule has 2 saturated carbocycles. The zero-order chi connectivity index (χ0) is 20.4. The van der Waals surface area contributed by atoms with Gasteiger partial charge in [0.25, 0.3) is 0 Å². The van der Waals surface area contributed by atoms with E-state index in [0.29, 0.717) is 29.4 Å². The van der Waals surface area contributed by atoms with Gasteiger partial charge in [-0.15, -0.1) is 0 Å². The van der Waals surface area contributed by atoms with Crippen LogP contribution in [0.2, 0.25) is 0 Å². The summed E-state index contributed by atoms with van der Waals surface area (Å²) in [6.07, 6.45) is 7.78. The van der Waals surface area contributed by atoms with Crippen LogP contribution >= 0.6 is 0 Å². The summed E-state index contributed by atoms with van der Waals surface area (Å²) in [5.74, 6) is 2.93. The third-order valence-corrected chi connectivity index (χ3v) is 8.91. The van der Waals surface area contributed by atoms with Gasteiger partial charge in [0, 0.05) is 5.56 Å². The molecule has 3 aliphatic carbocycles. The van der Waals surface area contributed by atoms with Gasteiger partial charge in [-0.25, -0.2) is 0 Å². The number of aliphatic hydroxyl groups excluding tert-OH is 1. The van der Waals surface area contributed by atoms with Gasteiger partial charge in [-0.2, -0.15) is 0 Å². The number of hydrogen-bond acceptors (Lipinski definition) is 2. The van der Waals surface area contributed by atoms with Gasteiger partial charge in [0.05, 0.1) is 6.10 Å². The molecule has 1 aromatic rings. The van der Waals surface area contributed by atoms with E-state index in [9.17, 15) is 10.2 Å². The van der Waals surface area contributed by atoms with E-state index >= 15 is 0 Å². The Bertz CT molecular complexity index is 759. The highest BCUT2D eigenvalue weighted by molar-refractivity contribution is 5.56. The van der Waals surface area contributed by atoms with Gasteiger partial charge in [-0.3, -0.25) is 0 Å². The van der Waals surface area contributed by atoms with Gasteiger partial charge >= 0.3 is 0 Å². The van der Waals surface area contributed by atoms with Gasteiger partial charge < -0.3 is 10.2 Å². The van der Waals surface area contributed by atoms with Gasteiger partial charge in [0.15, 0.2) is 0 Å². The van der Waals surface area contributed by atoms with Crippen molar-refractivity contribution < 1.29 is 10.2 Å². The zero-order valence-electron chi connectivity index (χ0n) is 18.8. The van der Waals surface area contributed by atoms with Crippen molar-refractivity contribution in [2.75, 3.05) is 0 Å². The zero-order valence-corrected chi connectivity index (χ0v) is 18.8. The van der Waals surface area contributed by atoms with Crippen molar-refractivity contribution in [3.63, 3.8) is 0 Å². The molecule has 0 aliphatic heterocycles. The van der Waals surface area contributed by atoms with Crippen LogP contribution in [-0.4, -0.2) is 16.3 Å². The minimum Gasteiger partial charge on any atom is -0.507 e. The van der Waals surface area contributed by atoms with E-state index in [0.717, 1.165) is 31.2 Å². The van der Waals surface area contributed by atoms with Crippen molar-refractivity contribution in [3.8, 4) is 5.75 Å². The molecule has 2 N–H and O–H groups in total. The summed E-state index contributed by atoms with van der Waals surface area (Å²) in [5, 5.41) is 21.9. The second-order valence-electron chi connectivity index (χ2n) is 11.4. The maximum absolute atomic E-state index is 11.3. The highest BCUT2D eigenvalue weighted by Gasteiger charge is 2.54. The average Bonchev–Trinajstić information content (AvgIpc) is 2.94.